The first-order valence-electron chi connectivity index (χ1n) is 6.05. The molecule has 0 aliphatic rings. The lowest BCUT2D eigenvalue weighted by atomic mass is 10.3. The molecule has 0 bridgehead atoms. The first kappa shape index (κ1) is 15.5. The van der Waals surface area contributed by atoms with E-state index in [-0.39, 0.29) is 22.1 Å². The zero-order chi connectivity index (χ0) is 15.6. The third-order valence-corrected chi connectivity index (χ3v) is 4.71. The lowest BCUT2D eigenvalue weighted by Crippen LogP contribution is -2.27. The van der Waals surface area contributed by atoms with E-state index >= 15 is 0 Å². The second kappa shape index (κ2) is 5.88. The Balaban J connectivity index is 2.27. The maximum atomic E-state index is 12.4. The Hall–Kier alpha value is -1.84. The predicted octanol–water partition coefficient (Wildman–Crippen LogP) is 0.236. The van der Waals surface area contributed by atoms with E-state index in [0.29, 0.717) is 0 Å². The standard InChI is InChI=1S/C12H15N5O2S2/c1-8-9(6-15-17(8)2)7-16-21(18,19)10-4-3-5-14-11(10)12(13)20/h3-6,16H,7H2,1-2H3,(H2,13,20). The molecular weight excluding hydrogens is 310 g/mol. The van der Waals surface area contributed by atoms with Crippen LogP contribution in [0.1, 0.15) is 17.0 Å². The average molecular weight is 325 g/mol. The van der Waals surface area contributed by atoms with Crippen LogP contribution >= 0.6 is 12.2 Å². The van der Waals surface area contributed by atoms with Crippen molar-refractivity contribution in [1.29, 1.82) is 0 Å². The lowest BCUT2D eigenvalue weighted by molar-refractivity contribution is 0.580. The minimum absolute atomic E-state index is 0.0287. The van der Waals surface area contributed by atoms with E-state index in [4.69, 9.17) is 18.0 Å². The number of rotatable bonds is 5. The fourth-order valence-electron chi connectivity index (χ4n) is 1.76. The van der Waals surface area contributed by atoms with Gasteiger partial charge in [-0.05, 0) is 19.1 Å². The van der Waals surface area contributed by atoms with E-state index in [2.05, 4.69) is 14.8 Å². The van der Waals surface area contributed by atoms with Gasteiger partial charge in [-0.15, -0.1) is 0 Å². The van der Waals surface area contributed by atoms with E-state index in [1.807, 2.05) is 6.92 Å². The molecule has 7 nitrogen and oxygen atoms in total. The number of hydrogen-bond acceptors (Lipinski definition) is 5. The van der Waals surface area contributed by atoms with Crippen LogP contribution in [0, 0.1) is 6.92 Å². The summed E-state index contributed by atoms with van der Waals surface area (Å²) in [7, 11) is -1.97. The van der Waals surface area contributed by atoms with Gasteiger partial charge in [-0.2, -0.15) is 5.10 Å². The molecule has 3 N–H and O–H groups in total. The van der Waals surface area contributed by atoms with Gasteiger partial charge in [0, 0.05) is 31.0 Å². The van der Waals surface area contributed by atoms with Crippen LogP contribution in [0.5, 0.6) is 0 Å². The molecule has 2 aromatic rings. The van der Waals surface area contributed by atoms with Gasteiger partial charge in [-0.25, -0.2) is 13.1 Å². The Morgan fingerprint density at radius 1 is 1.52 bits per heavy atom. The number of nitrogens with two attached hydrogens (primary N) is 1. The Morgan fingerprint density at radius 3 is 2.81 bits per heavy atom. The van der Waals surface area contributed by atoms with Gasteiger partial charge >= 0.3 is 0 Å². The zero-order valence-corrected chi connectivity index (χ0v) is 13.2. The monoisotopic (exact) mass is 325 g/mol. The minimum atomic E-state index is -3.76. The molecule has 9 heteroatoms. The van der Waals surface area contributed by atoms with Gasteiger partial charge in [-0.3, -0.25) is 9.67 Å². The summed E-state index contributed by atoms with van der Waals surface area (Å²) >= 11 is 4.83. The highest BCUT2D eigenvalue weighted by atomic mass is 32.2. The van der Waals surface area contributed by atoms with Gasteiger partial charge in [0.15, 0.2) is 0 Å². The van der Waals surface area contributed by atoms with Gasteiger partial charge in [0.25, 0.3) is 0 Å². The van der Waals surface area contributed by atoms with Gasteiger partial charge in [0.2, 0.25) is 10.0 Å². The molecule has 112 valence electrons. The largest absolute Gasteiger partial charge is 0.388 e. The van der Waals surface area contributed by atoms with E-state index in [0.717, 1.165) is 11.3 Å². The topological polar surface area (TPSA) is 103 Å². The van der Waals surface area contributed by atoms with Crippen LogP contribution in [-0.4, -0.2) is 28.2 Å². The number of sulfonamides is 1. The number of thiocarbonyl (C=S) groups is 1. The van der Waals surface area contributed by atoms with E-state index in [1.165, 1.54) is 18.3 Å². The van der Waals surface area contributed by atoms with Crippen molar-refractivity contribution in [3.8, 4) is 0 Å². The van der Waals surface area contributed by atoms with Crippen LogP contribution in [0.2, 0.25) is 0 Å². The molecule has 0 unspecified atom stereocenters. The van der Waals surface area contributed by atoms with E-state index in [1.54, 1.807) is 17.9 Å². The van der Waals surface area contributed by atoms with Crippen molar-refractivity contribution >= 4 is 27.2 Å². The first-order valence-corrected chi connectivity index (χ1v) is 7.94. The van der Waals surface area contributed by atoms with Crippen molar-refractivity contribution in [1.82, 2.24) is 19.5 Å². The number of hydrogen-bond donors (Lipinski definition) is 2. The second-order valence-electron chi connectivity index (χ2n) is 4.42. The van der Waals surface area contributed by atoms with E-state index < -0.39 is 10.0 Å². The summed E-state index contributed by atoms with van der Waals surface area (Å²) in [6, 6.07) is 2.94. The quantitative estimate of drug-likeness (QED) is 0.763. The number of aryl methyl sites for hydroxylation is 1. The maximum absolute atomic E-state index is 12.4. The average Bonchev–Trinajstić information content (AvgIpc) is 2.77. The van der Waals surface area contributed by atoms with Crippen molar-refractivity contribution in [2.75, 3.05) is 0 Å². The zero-order valence-electron chi connectivity index (χ0n) is 11.6. The predicted molar refractivity (Wildman–Crippen MR) is 82.1 cm³/mol. The molecule has 0 aromatic carbocycles. The second-order valence-corrected chi connectivity index (χ2v) is 6.59. The Labute approximate surface area is 128 Å². The summed E-state index contributed by atoms with van der Waals surface area (Å²) in [4.78, 5) is 3.83. The van der Waals surface area contributed by atoms with Gasteiger partial charge in [-0.1, -0.05) is 12.2 Å². The SMILES string of the molecule is Cc1c(CNS(=O)(=O)c2cccnc2C(N)=S)cnn1C. The molecule has 2 rings (SSSR count). The molecule has 0 aliphatic heterocycles. The molecule has 0 aliphatic carbocycles. The van der Waals surface area contributed by atoms with Crippen LogP contribution in [0.3, 0.4) is 0 Å². The molecule has 0 saturated heterocycles. The number of pyridine rings is 1. The van der Waals surface area contributed by atoms with Crippen molar-refractivity contribution < 1.29 is 8.42 Å². The summed E-state index contributed by atoms with van der Waals surface area (Å²) in [6.07, 6.45) is 3.06. The summed E-state index contributed by atoms with van der Waals surface area (Å²) in [5.41, 5.74) is 7.28. The third-order valence-electron chi connectivity index (χ3n) is 3.08. The highest BCUT2D eigenvalue weighted by Gasteiger charge is 2.21. The Bertz CT molecular complexity index is 783. The maximum Gasteiger partial charge on any atom is 0.243 e. The molecule has 0 amide bonds. The number of nitrogens with one attached hydrogen (secondary N) is 1. The van der Waals surface area contributed by atoms with Crippen LogP contribution in [0.15, 0.2) is 29.4 Å². The fraction of sp³-hybridized carbons (Fsp3) is 0.250. The highest BCUT2D eigenvalue weighted by Crippen LogP contribution is 2.14. The summed E-state index contributed by atoms with van der Waals surface area (Å²) < 4.78 is 28.9. The molecular formula is C12H15N5O2S2. The number of aromatic nitrogens is 3. The Morgan fingerprint density at radius 2 is 2.24 bits per heavy atom. The molecule has 0 fully saturated rings. The lowest BCUT2D eigenvalue weighted by Gasteiger charge is -2.09. The normalized spacial score (nSPS) is 11.5. The van der Waals surface area contributed by atoms with Crippen LogP contribution in [-0.2, 0) is 23.6 Å². The summed E-state index contributed by atoms with van der Waals surface area (Å²) in [5, 5.41) is 4.06. The van der Waals surface area contributed by atoms with E-state index in [9.17, 15) is 8.42 Å². The third kappa shape index (κ3) is 3.26. The Kier molecular flexibility index (Phi) is 4.35. The summed E-state index contributed by atoms with van der Waals surface area (Å²) in [5.74, 6) is 0. The van der Waals surface area contributed by atoms with Crippen molar-refractivity contribution in [3.63, 3.8) is 0 Å². The van der Waals surface area contributed by atoms with Gasteiger partial charge in [0.05, 0.1) is 6.20 Å². The van der Waals surface area contributed by atoms with Crippen LogP contribution < -0.4 is 10.5 Å². The molecule has 0 spiro atoms. The molecule has 21 heavy (non-hydrogen) atoms. The first-order chi connectivity index (χ1) is 9.83. The molecule has 0 radical (unpaired) electrons. The van der Waals surface area contributed by atoms with Crippen molar-refractivity contribution in [2.24, 2.45) is 12.8 Å². The van der Waals surface area contributed by atoms with Crippen LogP contribution in [0.25, 0.3) is 0 Å². The molecule has 2 heterocycles. The fourth-order valence-corrected chi connectivity index (χ4v) is 3.16. The van der Waals surface area contributed by atoms with Gasteiger partial charge < -0.3 is 5.73 Å². The molecule has 0 atom stereocenters. The smallest absolute Gasteiger partial charge is 0.243 e. The van der Waals surface area contributed by atoms with Crippen LogP contribution in [0.4, 0.5) is 0 Å². The van der Waals surface area contributed by atoms with Crippen molar-refractivity contribution in [3.05, 3.63) is 41.5 Å². The minimum Gasteiger partial charge on any atom is -0.388 e. The molecule has 2 aromatic heterocycles. The van der Waals surface area contributed by atoms with Gasteiger partial charge in [0.1, 0.15) is 15.6 Å². The summed E-state index contributed by atoms with van der Waals surface area (Å²) in [6.45, 7) is 1.99. The molecule has 0 saturated carbocycles. The van der Waals surface area contributed by atoms with Crippen molar-refractivity contribution in [2.45, 2.75) is 18.4 Å². The highest BCUT2D eigenvalue weighted by molar-refractivity contribution is 7.89. The number of nitrogens with zero attached hydrogens (tertiary/aromatic N) is 3.